The lowest BCUT2D eigenvalue weighted by molar-refractivity contribution is 0.357. The van der Waals surface area contributed by atoms with Crippen molar-refractivity contribution < 1.29 is 4.74 Å². The minimum atomic E-state index is 0.163. The van der Waals surface area contributed by atoms with Crippen LogP contribution in [0.1, 0.15) is 30.7 Å². The molecule has 0 spiro atoms. The second-order valence-electron chi connectivity index (χ2n) is 6.21. The average molecular weight is 258 g/mol. The maximum Gasteiger partial charge on any atom is 0.143 e. The second-order valence-corrected chi connectivity index (χ2v) is 6.21. The third-order valence-electron chi connectivity index (χ3n) is 4.31. The van der Waals surface area contributed by atoms with Crippen molar-refractivity contribution in [2.75, 3.05) is 7.11 Å². The Balaban J connectivity index is 2.37. The lowest BCUT2D eigenvalue weighted by atomic mass is 9.88. The summed E-state index contributed by atoms with van der Waals surface area (Å²) in [5.41, 5.74) is 5.61. The number of nitrogens with one attached hydrogen (secondary N) is 1. The van der Waals surface area contributed by atoms with E-state index in [4.69, 9.17) is 4.74 Å². The molecular weight excluding hydrogens is 236 g/mol. The number of hydrogen-bond acceptors (Lipinski definition) is 2. The van der Waals surface area contributed by atoms with Crippen LogP contribution in [0.5, 0.6) is 5.75 Å². The minimum Gasteiger partial charge on any atom is -0.495 e. The van der Waals surface area contributed by atoms with Crippen LogP contribution in [0, 0.1) is 6.92 Å². The Labute approximate surface area is 114 Å². The van der Waals surface area contributed by atoms with E-state index in [1.807, 2.05) is 0 Å². The van der Waals surface area contributed by atoms with Crippen LogP contribution in [0.3, 0.4) is 0 Å². The first-order chi connectivity index (χ1) is 8.94. The van der Waals surface area contributed by atoms with Gasteiger partial charge in [-0.1, -0.05) is 6.07 Å². The molecule has 0 saturated carbocycles. The van der Waals surface area contributed by atoms with Gasteiger partial charge in [0, 0.05) is 30.2 Å². The fraction of sp³-hybridized carbons (Fsp3) is 0.500. The van der Waals surface area contributed by atoms with E-state index in [0.717, 1.165) is 18.7 Å². The summed E-state index contributed by atoms with van der Waals surface area (Å²) in [6, 6.07) is 4.23. The summed E-state index contributed by atoms with van der Waals surface area (Å²) in [4.78, 5) is 0. The van der Waals surface area contributed by atoms with Crippen molar-refractivity contribution in [1.82, 2.24) is 9.88 Å². The molecule has 102 valence electrons. The van der Waals surface area contributed by atoms with Crippen LogP contribution < -0.4 is 10.1 Å². The van der Waals surface area contributed by atoms with Gasteiger partial charge in [-0.3, -0.25) is 0 Å². The van der Waals surface area contributed by atoms with Crippen LogP contribution in [0.2, 0.25) is 0 Å². The van der Waals surface area contributed by atoms with Crippen LogP contribution in [0.4, 0.5) is 0 Å². The molecule has 3 nitrogen and oxygen atoms in total. The van der Waals surface area contributed by atoms with Crippen molar-refractivity contribution in [2.45, 2.75) is 39.3 Å². The molecule has 0 amide bonds. The summed E-state index contributed by atoms with van der Waals surface area (Å²) in [6.45, 7) is 7.65. The van der Waals surface area contributed by atoms with E-state index in [2.05, 4.69) is 49.8 Å². The highest BCUT2D eigenvalue weighted by molar-refractivity contribution is 5.93. The Kier molecular flexibility index (Phi) is 2.65. The highest BCUT2D eigenvalue weighted by Gasteiger charge is 2.30. The lowest BCUT2D eigenvalue weighted by Gasteiger charge is -2.32. The predicted molar refractivity (Wildman–Crippen MR) is 78.8 cm³/mol. The molecule has 3 heteroatoms. The Bertz CT molecular complexity index is 653. The fourth-order valence-electron chi connectivity index (χ4n) is 3.28. The number of methoxy groups -OCH3 is 1. The number of hydrogen-bond donors (Lipinski definition) is 1. The van der Waals surface area contributed by atoms with Gasteiger partial charge < -0.3 is 14.6 Å². The Morgan fingerprint density at radius 2 is 2.05 bits per heavy atom. The number of nitrogens with zero attached hydrogens (tertiary/aromatic N) is 1. The number of rotatable bonds is 1. The highest BCUT2D eigenvalue weighted by Crippen LogP contribution is 2.38. The molecular formula is C16H22N2O. The zero-order valence-electron chi connectivity index (χ0n) is 12.4. The molecule has 0 unspecified atom stereocenters. The molecule has 0 bridgehead atoms. The molecule has 1 aromatic carbocycles. The summed E-state index contributed by atoms with van der Waals surface area (Å²) in [5.74, 6) is 0.968. The molecule has 0 radical (unpaired) electrons. The quantitative estimate of drug-likeness (QED) is 0.851. The monoisotopic (exact) mass is 258 g/mol. The van der Waals surface area contributed by atoms with Crippen molar-refractivity contribution >= 4 is 10.9 Å². The van der Waals surface area contributed by atoms with E-state index in [1.54, 1.807) is 7.11 Å². The molecule has 2 aromatic rings. The Hall–Kier alpha value is -1.48. The number of benzene rings is 1. The third kappa shape index (κ3) is 1.76. The first-order valence-electron chi connectivity index (χ1n) is 6.83. The van der Waals surface area contributed by atoms with E-state index in [0.29, 0.717) is 0 Å². The smallest absolute Gasteiger partial charge is 0.143 e. The Morgan fingerprint density at radius 1 is 1.32 bits per heavy atom. The van der Waals surface area contributed by atoms with E-state index >= 15 is 0 Å². The number of aromatic nitrogens is 1. The molecule has 1 aromatic heterocycles. The van der Waals surface area contributed by atoms with Gasteiger partial charge in [0.2, 0.25) is 0 Å². The molecule has 2 heterocycles. The van der Waals surface area contributed by atoms with Gasteiger partial charge in [0.05, 0.1) is 12.6 Å². The van der Waals surface area contributed by atoms with Gasteiger partial charge in [-0.05, 0) is 44.4 Å². The molecule has 19 heavy (non-hydrogen) atoms. The average Bonchev–Trinajstić information content (AvgIpc) is 2.63. The van der Waals surface area contributed by atoms with Gasteiger partial charge in [-0.2, -0.15) is 0 Å². The maximum absolute atomic E-state index is 5.55. The lowest BCUT2D eigenvalue weighted by Crippen LogP contribution is -2.44. The van der Waals surface area contributed by atoms with Gasteiger partial charge in [-0.25, -0.2) is 0 Å². The van der Waals surface area contributed by atoms with Crippen molar-refractivity contribution in [3.8, 4) is 5.75 Å². The summed E-state index contributed by atoms with van der Waals surface area (Å²) in [5, 5.41) is 4.99. The van der Waals surface area contributed by atoms with Crippen molar-refractivity contribution in [3.63, 3.8) is 0 Å². The molecule has 1 aliphatic heterocycles. The Morgan fingerprint density at radius 3 is 2.74 bits per heavy atom. The minimum absolute atomic E-state index is 0.163. The first kappa shape index (κ1) is 12.5. The SMILES string of the molecule is COc1ccc(C)c2c3c(n(C)c12)CNC(C)(C)C3. The van der Waals surface area contributed by atoms with Crippen molar-refractivity contribution in [3.05, 3.63) is 29.0 Å². The molecule has 0 fully saturated rings. The molecule has 0 saturated heterocycles. The van der Waals surface area contributed by atoms with Gasteiger partial charge in [0.25, 0.3) is 0 Å². The summed E-state index contributed by atoms with van der Waals surface area (Å²) < 4.78 is 7.84. The van der Waals surface area contributed by atoms with Gasteiger partial charge in [-0.15, -0.1) is 0 Å². The zero-order chi connectivity index (χ0) is 13.8. The van der Waals surface area contributed by atoms with E-state index < -0.39 is 0 Å². The normalized spacial score (nSPS) is 17.5. The maximum atomic E-state index is 5.55. The van der Waals surface area contributed by atoms with Crippen LogP contribution in [0.15, 0.2) is 12.1 Å². The van der Waals surface area contributed by atoms with Crippen molar-refractivity contribution in [2.24, 2.45) is 7.05 Å². The van der Waals surface area contributed by atoms with E-state index in [-0.39, 0.29) is 5.54 Å². The zero-order valence-corrected chi connectivity index (χ0v) is 12.4. The fourth-order valence-corrected chi connectivity index (χ4v) is 3.28. The molecule has 1 aliphatic rings. The van der Waals surface area contributed by atoms with Gasteiger partial charge in [0.15, 0.2) is 0 Å². The third-order valence-corrected chi connectivity index (χ3v) is 4.31. The van der Waals surface area contributed by atoms with E-state index in [9.17, 15) is 0 Å². The first-order valence-corrected chi connectivity index (χ1v) is 6.83. The van der Waals surface area contributed by atoms with Crippen LogP contribution in [-0.4, -0.2) is 17.2 Å². The van der Waals surface area contributed by atoms with Crippen LogP contribution >= 0.6 is 0 Å². The second kappa shape index (κ2) is 4.01. The highest BCUT2D eigenvalue weighted by atomic mass is 16.5. The number of fused-ring (bicyclic) bond motifs is 3. The standard InChI is InChI=1S/C16H22N2O/c1-10-6-7-13(19-5)15-14(10)11-8-16(2,3)17-9-12(11)18(15)4/h6-7,17H,8-9H2,1-5H3. The summed E-state index contributed by atoms with van der Waals surface area (Å²) >= 11 is 0. The summed E-state index contributed by atoms with van der Waals surface area (Å²) in [6.07, 6.45) is 1.06. The largest absolute Gasteiger partial charge is 0.495 e. The number of ether oxygens (including phenoxy) is 1. The number of aryl methyl sites for hydroxylation is 2. The van der Waals surface area contributed by atoms with Crippen LogP contribution in [-0.2, 0) is 20.0 Å². The molecule has 0 aliphatic carbocycles. The van der Waals surface area contributed by atoms with Gasteiger partial charge >= 0.3 is 0 Å². The predicted octanol–water partition coefficient (Wildman–Crippen LogP) is 2.92. The summed E-state index contributed by atoms with van der Waals surface area (Å²) in [7, 11) is 3.89. The van der Waals surface area contributed by atoms with Crippen LogP contribution in [0.25, 0.3) is 10.9 Å². The van der Waals surface area contributed by atoms with Gasteiger partial charge in [0.1, 0.15) is 5.75 Å². The topological polar surface area (TPSA) is 26.2 Å². The van der Waals surface area contributed by atoms with E-state index in [1.165, 1.54) is 27.7 Å². The molecule has 3 rings (SSSR count). The van der Waals surface area contributed by atoms with Crippen molar-refractivity contribution in [1.29, 1.82) is 0 Å². The molecule has 1 N–H and O–H groups in total. The molecule has 0 atom stereocenters.